The van der Waals surface area contributed by atoms with Gasteiger partial charge in [-0.3, -0.25) is 0 Å². The minimum Gasteiger partial charge on any atom is -0.335 e. The van der Waals surface area contributed by atoms with E-state index in [-0.39, 0.29) is 0 Å². The van der Waals surface area contributed by atoms with Crippen LogP contribution in [0.2, 0.25) is 0 Å². The summed E-state index contributed by atoms with van der Waals surface area (Å²) in [6.07, 6.45) is 5.07. The number of rotatable bonds is 2. The number of aromatic nitrogens is 2. The zero-order valence-corrected chi connectivity index (χ0v) is 7.21. The lowest BCUT2D eigenvalue weighted by Crippen LogP contribution is -2.14. The molecule has 4 heteroatoms. The van der Waals surface area contributed by atoms with Crippen molar-refractivity contribution >= 4 is 6.01 Å². The molecule has 1 heterocycles. The highest BCUT2D eigenvalue weighted by Gasteiger charge is 2.16. The van der Waals surface area contributed by atoms with Gasteiger partial charge in [-0.25, -0.2) is 0 Å². The van der Waals surface area contributed by atoms with Gasteiger partial charge in [-0.1, -0.05) is 18.0 Å². The fourth-order valence-electron chi connectivity index (χ4n) is 1.60. The summed E-state index contributed by atoms with van der Waals surface area (Å²) in [5, 5.41) is 6.93. The van der Waals surface area contributed by atoms with Crippen LogP contribution < -0.4 is 5.32 Å². The van der Waals surface area contributed by atoms with Crippen molar-refractivity contribution in [3.05, 3.63) is 5.82 Å². The van der Waals surface area contributed by atoms with Crippen LogP contribution in [0, 0.1) is 6.92 Å². The molecule has 2 rings (SSSR count). The van der Waals surface area contributed by atoms with Crippen LogP contribution in [0.3, 0.4) is 0 Å². The van der Waals surface area contributed by atoms with Gasteiger partial charge in [-0.15, -0.1) is 0 Å². The first-order valence-corrected chi connectivity index (χ1v) is 4.41. The average Bonchev–Trinajstić information content (AvgIpc) is 2.63. The van der Waals surface area contributed by atoms with E-state index in [0.29, 0.717) is 17.9 Å². The summed E-state index contributed by atoms with van der Waals surface area (Å²) >= 11 is 0. The molecule has 0 radical (unpaired) electrons. The Morgan fingerprint density at radius 3 is 2.75 bits per heavy atom. The van der Waals surface area contributed by atoms with Gasteiger partial charge in [0.05, 0.1) is 0 Å². The molecule has 0 aliphatic heterocycles. The summed E-state index contributed by atoms with van der Waals surface area (Å²) in [5.74, 6) is 0.690. The van der Waals surface area contributed by atoms with Gasteiger partial charge in [-0.2, -0.15) is 4.98 Å². The molecule has 1 fully saturated rings. The fourth-order valence-corrected chi connectivity index (χ4v) is 1.60. The maximum absolute atomic E-state index is 4.95. The van der Waals surface area contributed by atoms with E-state index >= 15 is 0 Å². The number of nitrogens with one attached hydrogen (secondary N) is 1. The van der Waals surface area contributed by atoms with E-state index in [1.807, 2.05) is 6.92 Å². The molecule has 1 saturated carbocycles. The van der Waals surface area contributed by atoms with E-state index in [4.69, 9.17) is 4.52 Å². The Balaban J connectivity index is 1.94. The number of aryl methyl sites for hydroxylation is 1. The van der Waals surface area contributed by atoms with E-state index in [9.17, 15) is 0 Å². The molecule has 0 saturated heterocycles. The molecule has 1 aromatic rings. The quantitative estimate of drug-likeness (QED) is 0.728. The number of hydrogen-bond acceptors (Lipinski definition) is 4. The zero-order chi connectivity index (χ0) is 8.39. The molecule has 1 N–H and O–H groups in total. The topological polar surface area (TPSA) is 51.0 Å². The molecule has 1 aromatic heterocycles. The molecule has 0 aromatic carbocycles. The third-order valence-corrected chi connectivity index (χ3v) is 2.21. The number of nitrogens with zero attached hydrogens (tertiary/aromatic N) is 2. The first-order valence-electron chi connectivity index (χ1n) is 4.41. The predicted molar refractivity (Wildman–Crippen MR) is 44.9 cm³/mol. The summed E-state index contributed by atoms with van der Waals surface area (Å²) in [6, 6.07) is 1.12. The van der Waals surface area contributed by atoms with Crippen molar-refractivity contribution in [3.8, 4) is 0 Å². The van der Waals surface area contributed by atoms with Crippen molar-refractivity contribution in [2.45, 2.75) is 38.6 Å². The second-order valence-electron chi connectivity index (χ2n) is 3.27. The van der Waals surface area contributed by atoms with Crippen LogP contribution in [-0.2, 0) is 0 Å². The minimum absolute atomic E-state index is 0.546. The van der Waals surface area contributed by atoms with Gasteiger partial charge < -0.3 is 9.84 Å². The molecule has 66 valence electrons. The number of hydrogen-bond donors (Lipinski definition) is 1. The van der Waals surface area contributed by atoms with Gasteiger partial charge in [0.1, 0.15) is 0 Å². The lowest BCUT2D eigenvalue weighted by molar-refractivity contribution is 0.421. The molecule has 12 heavy (non-hydrogen) atoms. The summed E-state index contributed by atoms with van der Waals surface area (Å²) in [4.78, 5) is 4.09. The van der Waals surface area contributed by atoms with Crippen LogP contribution >= 0.6 is 0 Å². The second kappa shape index (κ2) is 3.13. The van der Waals surface area contributed by atoms with E-state index < -0.39 is 0 Å². The predicted octanol–water partition coefficient (Wildman–Crippen LogP) is 1.73. The Labute approximate surface area is 71.4 Å². The lowest BCUT2D eigenvalue weighted by Gasteiger charge is -2.07. The van der Waals surface area contributed by atoms with Crippen LogP contribution in [-0.4, -0.2) is 16.2 Å². The summed E-state index contributed by atoms with van der Waals surface area (Å²) in [5.41, 5.74) is 0. The first-order chi connectivity index (χ1) is 5.84. The van der Waals surface area contributed by atoms with E-state index in [2.05, 4.69) is 15.5 Å². The molecule has 1 aliphatic rings. The van der Waals surface area contributed by atoms with Crippen LogP contribution in [0.5, 0.6) is 0 Å². The van der Waals surface area contributed by atoms with Crippen molar-refractivity contribution in [2.75, 3.05) is 5.32 Å². The smallest absolute Gasteiger partial charge is 0.321 e. The van der Waals surface area contributed by atoms with Gasteiger partial charge >= 0.3 is 6.01 Å². The lowest BCUT2D eigenvalue weighted by atomic mass is 10.3. The minimum atomic E-state index is 0.546. The van der Waals surface area contributed by atoms with Gasteiger partial charge in [0.15, 0.2) is 5.82 Å². The molecular weight excluding hydrogens is 154 g/mol. The molecule has 1 aliphatic carbocycles. The summed E-state index contributed by atoms with van der Waals surface area (Å²) < 4.78 is 4.95. The van der Waals surface area contributed by atoms with Crippen molar-refractivity contribution in [1.82, 2.24) is 10.1 Å². The second-order valence-corrected chi connectivity index (χ2v) is 3.27. The highest BCUT2D eigenvalue weighted by atomic mass is 16.5. The van der Waals surface area contributed by atoms with Crippen molar-refractivity contribution in [3.63, 3.8) is 0 Å². The van der Waals surface area contributed by atoms with Crippen LogP contribution in [0.4, 0.5) is 6.01 Å². The molecule has 4 nitrogen and oxygen atoms in total. The standard InChI is InChI=1S/C8H13N3O/c1-6-9-8(12-11-6)10-7-4-2-3-5-7/h7H,2-5H2,1H3,(H,9,10,11). The Morgan fingerprint density at radius 2 is 2.17 bits per heavy atom. The third kappa shape index (κ3) is 1.57. The van der Waals surface area contributed by atoms with E-state index in [0.717, 1.165) is 0 Å². The Hall–Kier alpha value is -1.06. The Kier molecular flexibility index (Phi) is 1.98. The largest absolute Gasteiger partial charge is 0.335 e. The summed E-state index contributed by atoms with van der Waals surface area (Å²) in [7, 11) is 0. The zero-order valence-electron chi connectivity index (χ0n) is 7.21. The average molecular weight is 167 g/mol. The maximum Gasteiger partial charge on any atom is 0.321 e. The van der Waals surface area contributed by atoms with Crippen LogP contribution in [0.25, 0.3) is 0 Å². The highest BCUT2D eigenvalue weighted by molar-refractivity contribution is 5.20. The number of anilines is 1. The fraction of sp³-hybridized carbons (Fsp3) is 0.750. The van der Waals surface area contributed by atoms with E-state index in [1.165, 1.54) is 25.7 Å². The SMILES string of the molecule is Cc1noc(NC2CCCC2)n1. The third-order valence-electron chi connectivity index (χ3n) is 2.21. The summed E-state index contributed by atoms with van der Waals surface area (Å²) in [6.45, 7) is 1.82. The molecule has 0 amide bonds. The first kappa shape index (κ1) is 7.58. The molecular formula is C8H13N3O. The van der Waals surface area contributed by atoms with Crippen molar-refractivity contribution < 1.29 is 4.52 Å². The molecule has 0 bridgehead atoms. The van der Waals surface area contributed by atoms with Gasteiger partial charge in [0.2, 0.25) is 0 Å². The van der Waals surface area contributed by atoms with Gasteiger partial charge in [0.25, 0.3) is 0 Å². The van der Waals surface area contributed by atoms with Crippen LogP contribution in [0.15, 0.2) is 4.52 Å². The highest BCUT2D eigenvalue weighted by Crippen LogP contribution is 2.21. The Morgan fingerprint density at radius 1 is 1.42 bits per heavy atom. The molecule has 0 unspecified atom stereocenters. The Bertz CT molecular complexity index is 253. The normalized spacial score (nSPS) is 18.4. The van der Waals surface area contributed by atoms with Gasteiger partial charge in [-0.05, 0) is 19.8 Å². The van der Waals surface area contributed by atoms with Crippen molar-refractivity contribution in [1.29, 1.82) is 0 Å². The van der Waals surface area contributed by atoms with E-state index in [1.54, 1.807) is 0 Å². The van der Waals surface area contributed by atoms with Crippen LogP contribution in [0.1, 0.15) is 31.5 Å². The maximum atomic E-state index is 4.95. The molecule has 0 atom stereocenters. The van der Waals surface area contributed by atoms with Crippen molar-refractivity contribution in [2.24, 2.45) is 0 Å². The van der Waals surface area contributed by atoms with Gasteiger partial charge in [0, 0.05) is 6.04 Å². The molecule has 0 spiro atoms. The monoisotopic (exact) mass is 167 g/mol.